The molecule has 3 heterocycles. The molecule has 3 rings (SSSR count). The van der Waals surface area contributed by atoms with Crippen molar-refractivity contribution in [1.82, 2.24) is 29.5 Å². The van der Waals surface area contributed by atoms with Crippen molar-refractivity contribution in [3.8, 4) is 17.3 Å². The zero-order chi connectivity index (χ0) is 14.1. The van der Waals surface area contributed by atoms with Gasteiger partial charge in [-0.25, -0.2) is 4.98 Å². The molecule has 0 spiro atoms. The molecule has 0 bridgehead atoms. The molecule has 0 saturated carbocycles. The quantitative estimate of drug-likeness (QED) is 0.709. The molecule has 20 heavy (non-hydrogen) atoms. The average Bonchev–Trinajstić information content (AvgIpc) is 2.91. The monoisotopic (exact) mass is 289 g/mol. The standard InChI is InChI=1S/C11H11N7OS/c1-19-8-6(4-3-5-13-8)7-14-10-16-11(20-2)15-9(12)18(10)17-7/h3-5H,1-2H3,(H2,12,14,15,16,17). The minimum Gasteiger partial charge on any atom is -0.480 e. The van der Waals surface area contributed by atoms with Gasteiger partial charge in [0, 0.05) is 6.20 Å². The fourth-order valence-electron chi connectivity index (χ4n) is 1.71. The molecule has 0 aromatic carbocycles. The van der Waals surface area contributed by atoms with E-state index in [-0.39, 0.29) is 5.95 Å². The fourth-order valence-corrected chi connectivity index (χ4v) is 2.07. The summed E-state index contributed by atoms with van der Waals surface area (Å²) in [7, 11) is 1.54. The van der Waals surface area contributed by atoms with Gasteiger partial charge in [0.15, 0.2) is 11.0 Å². The number of nitrogen functional groups attached to an aromatic ring is 1. The molecule has 0 radical (unpaired) electrons. The average molecular weight is 289 g/mol. The van der Waals surface area contributed by atoms with Gasteiger partial charge in [0.25, 0.3) is 5.78 Å². The number of ether oxygens (including phenoxy) is 1. The highest BCUT2D eigenvalue weighted by atomic mass is 32.2. The van der Waals surface area contributed by atoms with Crippen LogP contribution in [0.5, 0.6) is 5.88 Å². The van der Waals surface area contributed by atoms with Crippen molar-refractivity contribution in [3.63, 3.8) is 0 Å². The summed E-state index contributed by atoms with van der Waals surface area (Å²) >= 11 is 1.39. The van der Waals surface area contributed by atoms with Crippen LogP contribution in [0.15, 0.2) is 23.5 Å². The van der Waals surface area contributed by atoms with Crippen LogP contribution in [0.2, 0.25) is 0 Å². The first-order chi connectivity index (χ1) is 9.72. The number of aromatic nitrogens is 6. The van der Waals surface area contributed by atoms with Crippen LogP contribution in [0.4, 0.5) is 5.95 Å². The summed E-state index contributed by atoms with van der Waals surface area (Å²) in [5.41, 5.74) is 6.52. The second-order valence-electron chi connectivity index (χ2n) is 3.78. The molecule has 102 valence electrons. The largest absolute Gasteiger partial charge is 0.480 e. The number of fused-ring (bicyclic) bond motifs is 1. The van der Waals surface area contributed by atoms with Gasteiger partial charge in [-0.2, -0.15) is 19.5 Å². The second-order valence-corrected chi connectivity index (χ2v) is 4.55. The minimum atomic E-state index is 0.237. The van der Waals surface area contributed by atoms with Gasteiger partial charge in [-0.3, -0.25) is 0 Å². The molecule has 9 heteroatoms. The van der Waals surface area contributed by atoms with Crippen molar-refractivity contribution in [2.45, 2.75) is 5.16 Å². The number of thioether (sulfide) groups is 1. The molecule has 0 saturated heterocycles. The number of anilines is 1. The first-order valence-electron chi connectivity index (χ1n) is 5.66. The van der Waals surface area contributed by atoms with E-state index in [0.29, 0.717) is 28.2 Å². The van der Waals surface area contributed by atoms with E-state index in [9.17, 15) is 0 Å². The molecule has 0 aliphatic carbocycles. The van der Waals surface area contributed by atoms with Crippen LogP contribution in [0.25, 0.3) is 17.2 Å². The van der Waals surface area contributed by atoms with Crippen LogP contribution in [0.1, 0.15) is 0 Å². The highest BCUT2D eigenvalue weighted by molar-refractivity contribution is 7.98. The zero-order valence-electron chi connectivity index (χ0n) is 10.8. The predicted molar refractivity (Wildman–Crippen MR) is 74.6 cm³/mol. The van der Waals surface area contributed by atoms with E-state index in [1.54, 1.807) is 19.4 Å². The Bertz CT molecular complexity index is 773. The van der Waals surface area contributed by atoms with Gasteiger partial charge in [0.2, 0.25) is 11.8 Å². The molecular weight excluding hydrogens is 278 g/mol. The summed E-state index contributed by atoms with van der Waals surface area (Å²) in [5, 5.41) is 4.84. The lowest BCUT2D eigenvalue weighted by Gasteiger charge is -2.01. The van der Waals surface area contributed by atoms with Crippen molar-refractivity contribution in [2.24, 2.45) is 0 Å². The lowest BCUT2D eigenvalue weighted by atomic mass is 10.2. The van der Waals surface area contributed by atoms with E-state index >= 15 is 0 Å². The molecular formula is C11H11N7OS. The molecule has 0 aliphatic heterocycles. The second kappa shape index (κ2) is 4.93. The van der Waals surface area contributed by atoms with Gasteiger partial charge in [0.05, 0.1) is 12.7 Å². The third-order valence-corrected chi connectivity index (χ3v) is 3.15. The summed E-state index contributed by atoms with van der Waals surface area (Å²) in [6.45, 7) is 0. The zero-order valence-corrected chi connectivity index (χ0v) is 11.6. The van der Waals surface area contributed by atoms with Crippen LogP contribution in [0, 0.1) is 0 Å². The van der Waals surface area contributed by atoms with Gasteiger partial charge in [-0.05, 0) is 18.4 Å². The van der Waals surface area contributed by atoms with Gasteiger partial charge in [-0.1, -0.05) is 11.8 Å². The molecule has 0 unspecified atom stereocenters. The predicted octanol–water partition coefficient (Wildman–Crippen LogP) is 0.894. The third kappa shape index (κ3) is 2.01. The van der Waals surface area contributed by atoms with Gasteiger partial charge >= 0.3 is 0 Å². The highest BCUT2D eigenvalue weighted by Crippen LogP contribution is 2.25. The van der Waals surface area contributed by atoms with E-state index in [1.165, 1.54) is 16.3 Å². The van der Waals surface area contributed by atoms with Crippen molar-refractivity contribution in [3.05, 3.63) is 18.3 Å². The number of hydrogen-bond donors (Lipinski definition) is 1. The number of nitrogens with two attached hydrogens (primary N) is 1. The number of rotatable bonds is 3. The Labute approximate surface area is 118 Å². The SMILES string of the molecule is COc1ncccc1-c1nc2nc(SC)nc(N)n2n1. The number of methoxy groups -OCH3 is 1. The number of hydrogen-bond acceptors (Lipinski definition) is 8. The molecule has 3 aromatic heterocycles. The summed E-state index contributed by atoms with van der Waals surface area (Å²) in [6.07, 6.45) is 3.50. The van der Waals surface area contributed by atoms with Crippen LogP contribution >= 0.6 is 11.8 Å². The molecule has 0 atom stereocenters. The lowest BCUT2D eigenvalue weighted by molar-refractivity contribution is 0.399. The number of nitrogens with zero attached hydrogens (tertiary/aromatic N) is 6. The first kappa shape index (κ1) is 12.6. The van der Waals surface area contributed by atoms with Crippen molar-refractivity contribution in [1.29, 1.82) is 0 Å². The Hall–Kier alpha value is -2.42. The topological polar surface area (TPSA) is 104 Å². The van der Waals surface area contributed by atoms with Crippen LogP contribution in [-0.4, -0.2) is 42.9 Å². The van der Waals surface area contributed by atoms with E-state index < -0.39 is 0 Å². The summed E-state index contributed by atoms with van der Waals surface area (Å²) in [6, 6.07) is 3.60. The van der Waals surface area contributed by atoms with E-state index in [2.05, 4.69) is 25.0 Å². The molecule has 3 aromatic rings. The Morgan fingerprint density at radius 3 is 2.90 bits per heavy atom. The smallest absolute Gasteiger partial charge is 0.258 e. The Kier molecular flexibility index (Phi) is 3.11. The van der Waals surface area contributed by atoms with E-state index in [0.717, 1.165) is 0 Å². The minimum absolute atomic E-state index is 0.237. The summed E-state index contributed by atoms with van der Waals surface area (Å²) < 4.78 is 6.59. The molecule has 0 aliphatic rings. The summed E-state index contributed by atoms with van der Waals surface area (Å²) in [5.74, 6) is 1.51. The van der Waals surface area contributed by atoms with Gasteiger partial charge in [-0.15, -0.1) is 5.10 Å². The van der Waals surface area contributed by atoms with Crippen molar-refractivity contribution in [2.75, 3.05) is 19.1 Å². The molecule has 2 N–H and O–H groups in total. The highest BCUT2D eigenvalue weighted by Gasteiger charge is 2.15. The molecule has 0 amide bonds. The third-order valence-electron chi connectivity index (χ3n) is 2.60. The maximum atomic E-state index is 5.84. The Morgan fingerprint density at radius 1 is 1.30 bits per heavy atom. The molecule has 0 fully saturated rings. The Balaban J connectivity index is 2.20. The summed E-state index contributed by atoms with van der Waals surface area (Å²) in [4.78, 5) is 16.8. The van der Waals surface area contributed by atoms with Crippen LogP contribution in [0.3, 0.4) is 0 Å². The normalized spacial score (nSPS) is 10.9. The van der Waals surface area contributed by atoms with Gasteiger partial charge < -0.3 is 10.5 Å². The first-order valence-corrected chi connectivity index (χ1v) is 6.89. The lowest BCUT2D eigenvalue weighted by Crippen LogP contribution is -2.04. The van der Waals surface area contributed by atoms with E-state index in [4.69, 9.17) is 10.5 Å². The Morgan fingerprint density at radius 2 is 2.15 bits per heavy atom. The van der Waals surface area contributed by atoms with Gasteiger partial charge in [0.1, 0.15) is 0 Å². The number of pyridine rings is 1. The van der Waals surface area contributed by atoms with Crippen molar-refractivity contribution < 1.29 is 4.74 Å². The maximum absolute atomic E-state index is 5.84. The molecule has 8 nitrogen and oxygen atoms in total. The maximum Gasteiger partial charge on any atom is 0.258 e. The van der Waals surface area contributed by atoms with E-state index in [1.807, 2.05) is 12.3 Å². The fraction of sp³-hybridized carbons (Fsp3) is 0.182. The van der Waals surface area contributed by atoms with Crippen molar-refractivity contribution >= 4 is 23.5 Å². The van der Waals surface area contributed by atoms with Crippen LogP contribution in [-0.2, 0) is 0 Å². The van der Waals surface area contributed by atoms with Crippen LogP contribution < -0.4 is 10.5 Å².